The second-order valence-corrected chi connectivity index (χ2v) is 9.42. The van der Waals surface area contributed by atoms with Crippen LogP contribution in [0.5, 0.6) is 0 Å². The van der Waals surface area contributed by atoms with Crippen LogP contribution in [0.3, 0.4) is 0 Å². The molecule has 2 rings (SSSR count). The van der Waals surface area contributed by atoms with E-state index in [1.165, 1.54) is 38.6 Å². The topological polar surface area (TPSA) is 131 Å². The van der Waals surface area contributed by atoms with Gasteiger partial charge in [0.1, 0.15) is 40.5 Å². The van der Waals surface area contributed by atoms with Gasteiger partial charge in [0, 0.05) is 23.7 Å². The van der Waals surface area contributed by atoms with Crippen LogP contribution < -0.4 is 0 Å². The lowest BCUT2D eigenvalue weighted by Crippen LogP contribution is -2.41. The third kappa shape index (κ3) is 5.24. The smallest absolute Gasteiger partial charge is 0.326 e. The third-order valence-electron chi connectivity index (χ3n) is 3.98. The first-order valence-electron chi connectivity index (χ1n) is 8.14. The molecule has 1 aromatic heterocycles. The number of rotatable bonds is 8. The van der Waals surface area contributed by atoms with Gasteiger partial charge in [-0.25, -0.2) is 19.4 Å². The third-order valence-corrected chi connectivity index (χ3v) is 7.21. The van der Waals surface area contributed by atoms with Crippen molar-refractivity contribution in [2.24, 2.45) is 0 Å². The summed E-state index contributed by atoms with van der Waals surface area (Å²) in [5.41, 5.74) is 0.155. The van der Waals surface area contributed by atoms with Crippen molar-refractivity contribution in [1.82, 2.24) is 9.88 Å². The van der Waals surface area contributed by atoms with Crippen molar-refractivity contribution in [3.8, 4) is 0 Å². The van der Waals surface area contributed by atoms with E-state index >= 15 is 0 Å². The largest absolute Gasteiger partial charge is 0.480 e. The van der Waals surface area contributed by atoms with Crippen molar-refractivity contribution < 1.29 is 24.4 Å². The first-order chi connectivity index (χ1) is 13.2. The van der Waals surface area contributed by atoms with Gasteiger partial charge in [0.2, 0.25) is 0 Å². The lowest BCUT2D eigenvalue weighted by atomic mass is 10.0. The molecule has 9 nitrogen and oxygen atoms in total. The van der Waals surface area contributed by atoms with Crippen LogP contribution in [0, 0.1) is 10.1 Å². The molecule has 0 aliphatic carbocycles. The molecule has 1 aromatic rings. The maximum absolute atomic E-state index is 11.8. The van der Waals surface area contributed by atoms with Crippen LogP contribution in [0.25, 0.3) is 0 Å². The fourth-order valence-corrected chi connectivity index (χ4v) is 4.88. The van der Waals surface area contributed by atoms with Crippen molar-refractivity contribution in [3.05, 3.63) is 39.8 Å². The lowest BCUT2D eigenvalue weighted by molar-refractivity contribution is -0.385. The first-order valence-corrected chi connectivity index (χ1v) is 10.3. The van der Waals surface area contributed by atoms with Crippen molar-refractivity contribution in [2.45, 2.75) is 48.9 Å². The number of carboxylic acid groups (broad SMARTS) is 1. The number of likely N-dealkylation sites (tertiary alicyclic amines) is 1. The maximum Gasteiger partial charge on any atom is 0.326 e. The molecule has 0 aromatic carbocycles. The number of hydrogen-bond donors (Lipinski definition) is 1. The van der Waals surface area contributed by atoms with E-state index in [2.05, 4.69) is 4.98 Å². The zero-order valence-corrected chi connectivity index (χ0v) is 16.7. The summed E-state index contributed by atoms with van der Waals surface area (Å²) >= 11 is 0. The summed E-state index contributed by atoms with van der Waals surface area (Å²) in [7, 11) is 2.61. The van der Waals surface area contributed by atoms with Crippen LogP contribution in [-0.4, -0.2) is 48.6 Å². The molecule has 1 saturated heterocycles. The van der Waals surface area contributed by atoms with Crippen LogP contribution in [0.1, 0.15) is 33.1 Å². The lowest BCUT2D eigenvalue weighted by Gasteiger charge is -2.32. The van der Waals surface area contributed by atoms with Gasteiger partial charge < -0.3 is 10.0 Å². The Hall–Kier alpha value is -2.58. The number of carbonyl (C=O) groups is 1. The van der Waals surface area contributed by atoms with Crippen LogP contribution in [0.2, 0.25) is 0 Å². The van der Waals surface area contributed by atoms with E-state index in [1.807, 2.05) is 13.8 Å². The van der Waals surface area contributed by atoms with E-state index in [9.17, 15) is 29.6 Å². The zero-order valence-electron chi connectivity index (χ0n) is 15.1. The molecule has 0 spiro atoms. The van der Waals surface area contributed by atoms with E-state index in [0.29, 0.717) is 5.03 Å². The van der Waals surface area contributed by atoms with Gasteiger partial charge in [-0.3, -0.25) is 10.1 Å². The molecule has 148 valence electrons. The van der Waals surface area contributed by atoms with Gasteiger partial charge in [0.25, 0.3) is 5.69 Å². The van der Waals surface area contributed by atoms with Gasteiger partial charge in [-0.05, 0) is 37.1 Å². The number of allylic oxidation sites excluding steroid dienone is 2. The summed E-state index contributed by atoms with van der Waals surface area (Å²) < 4.78 is -0.582. The number of carbonyl (C=O) groups excluding carboxylic acids is 2. The van der Waals surface area contributed by atoms with Gasteiger partial charge >= 0.3 is 5.97 Å². The highest BCUT2D eigenvalue weighted by molar-refractivity contribution is 8.77. The number of carboxylic acids is 1. The Kier molecular flexibility index (Phi) is 7.04. The molecular weight excluding hydrogens is 406 g/mol. The summed E-state index contributed by atoms with van der Waals surface area (Å²) in [6, 6.07) is 1.75. The highest BCUT2D eigenvalue weighted by Crippen LogP contribution is 2.44. The zero-order chi connectivity index (χ0) is 20.9. The van der Waals surface area contributed by atoms with Crippen molar-refractivity contribution >= 4 is 45.1 Å². The molecule has 11 heteroatoms. The summed E-state index contributed by atoms with van der Waals surface area (Å²) in [4.78, 5) is 49.5. The SMILES string of the molecule is CC(C)(CC(C(=O)O)N1C(=C=O)CCC1=C=O)SSc1ccc([N+](=O)[O-])cn1. The molecule has 1 atom stereocenters. The molecule has 28 heavy (non-hydrogen) atoms. The molecule has 0 radical (unpaired) electrons. The monoisotopic (exact) mass is 423 g/mol. The van der Waals surface area contributed by atoms with Gasteiger partial charge in [-0.2, -0.15) is 0 Å². The molecular formula is C17H17N3O6S2. The number of hydrogen-bond acceptors (Lipinski definition) is 9. The molecule has 1 N–H and O–H groups in total. The molecule has 2 heterocycles. The Bertz CT molecular complexity index is 847. The number of aliphatic carboxylic acids is 1. The van der Waals surface area contributed by atoms with Crippen molar-refractivity contribution in [3.63, 3.8) is 0 Å². The molecule has 0 amide bonds. The van der Waals surface area contributed by atoms with Crippen LogP contribution in [-0.2, 0) is 14.4 Å². The van der Waals surface area contributed by atoms with E-state index in [4.69, 9.17) is 0 Å². The Morgan fingerprint density at radius 1 is 1.36 bits per heavy atom. The second kappa shape index (κ2) is 9.07. The highest BCUT2D eigenvalue weighted by atomic mass is 33.1. The summed E-state index contributed by atoms with van der Waals surface area (Å²) in [5.74, 6) is 2.29. The van der Waals surface area contributed by atoms with Crippen molar-refractivity contribution in [1.29, 1.82) is 0 Å². The van der Waals surface area contributed by atoms with E-state index in [1.54, 1.807) is 11.9 Å². The van der Waals surface area contributed by atoms with Gasteiger partial charge in [-0.15, -0.1) is 0 Å². The van der Waals surface area contributed by atoms with Crippen LogP contribution in [0.15, 0.2) is 34.7 Å². The minimum atomic E-state index is -1.16. The average molecular weight is 423 g/mol. The molecule has 1 fully saturated rings. The van der Waals surface area contributed by atoms with Crippen molar-refractivity contribution in [2.75, 3.05) is 0 Å². The minimum Gasteiger partial charge on any atom is -0.480 e. The fourth-order valence-electron chi connectivity index (χ4n) is 2.69. The Morgan fingerprint density at radius 2 is 1.96 bits per heavy atom. The summed E-state index contributed by atoms with van der Waals surface area (Å²) in [6.07, 6.45) is 1.80. The first kappa shape index (κ1) is 21.7. The van der Waals surface area contributed by atoms with E-state index < -0.39 is 21.7 Å². The fraction of sp³-hybridized carbons (Fsp3) is 0.412. The molecule has 0 bridgehead atoms. The quantitative estimate of drug-likeness (QED) is 0.288. The Balaban J connectivity index is 2.12. The van der Waals surface area contributed by atoms with E-state index in [0.717, 1.165) is 6.20 Å². The molecule has 1 unspecified atom stereocenters. The number of pyridine rings is 1. The normalized spacial score (nSPS) is 15.1. The standard InChI is InChI=1S/C17H17N3O6S2/c1-17(2,28-27-15-6-5-11(8-18-15)20(25)26)7-14(16(23)24)19-12(9-21)3-4-13(19)10-22/h5-6,8,14H,3-4,7H2,1-2H3,(H,23,24). The number of aromatic nitrogens is 1. The second-order valence-electron chi connectivity index (χ2n) is 6.56. The summed E-state index contributed by atoms with van der Waals surface area (Å²) in [6.45, 7) is 3.66. The predicted octanol–water partition coefficient (Wildman–Crippen LogP) is 2.88. The Labute approximate surface area is 168 Å². The highest BCUT2D eigenvalue weighted by Gasteiger charge is 2.39. The molecule has 1 aliphatic rings. The molecule has 1 aliphatic heterocycles. The van der Waals surface area contributed by atoms with Gasteiger partial charge in [0.05, 0.1) is 4.92 Å². The Morgan fingerprint density at radius 3 is 2.39 bits per heavy atom. The number of nitro groups is 1. The summed E-state index contributed by atoms with van der Waals surface area (Å²) in [5, 5.41) is 20.9. The van der Waals surface area contributed by atoms with Gasteiger partial charge in [-0.1, -0.05) is 10.8 Å². The minimum absolute atomic E-state index is 0.116. The maximum atomic E-state index is 11.8. The number of nitrogens with zero attached hydrogens (tertiary/aromatic N) is 3. The predicted molar refractivity (Wildman–Crippen MR) is 104 cm³/mol. The van der Waals surface area contributed by atoms with Crippen LogP contribution in [0.4, 0.5) is 5.69 Å². The van der Waals surface area contributed by atoms with Crippen LogP contribution >= 0.6 is 21.6 Å². The molecule has 0 saturated carbocycles. The average Bonchev–Trinajstić information content (AvgIpc) is 3.07. The van der Waals surface area contributed by atoms with Gasteiger partial charge in [0.15, 0.2) is 0 Å². The van der Waals surface area contributed by atoms with E-state index in [-0.39, 0.29) is 36.3 Å².